The molecule has 1 aromatic heterocycles. The van der Waals surface area contributed by atoms with Gasteiger partial charge in [0.2, 0.25) is 0 Å². The number of nitrogens with one attached hydrogen (secondary N) is 1. The van der Waals surface area contributed by atoms with Crippen LogP contribution in [0.3, 0.4) is 0 Å². The number of ether oxygens (including phenoxy) is 1. The number of nitrogens with zero attached hydrogens (tertiary/aromatic N) is 1. The molecule has 0 amide bonds. The number of hydrogen-bond donors (Lipinski definition) is 2. The van der Waals surface area contributed by atoms with Crippen molar-refractivity contribution >= 4 is 46.2 Å². The van der Waals surface area contributed by atoms with Crippen LogP contribution in [0.4, 0.5) is 5.69 Å². The first-order valence-corrected chi connectivity index (χ1v) is 13.3. The molecule has 0 saturated carbocycles. The van der Waals surface area contributed by atoms with Gasteiger partial charge in [-0.25, -0.2) is 4.98 Å². The number of thiazole rings is 1. The number of hydrogen-bond acceptors (Lipinski definition) is 8. The topological polar surface area (TPSA) is 132 Å². The number of rotatable bonds is 8. The van der Waals surface area contributed by atoms with Crippen molar-refractivity contribution in [1.29, 1.82) is 0 Å². The second-order valence-electron chi connectivity index (χ2n) is 6.41. The highest BCUT2D eigenvalue weighted by Gasteiger charge is 2.25. The van der Waals surface area contributed by atoms with E-state index in [0.29, 0.717) is 17.4 Å². The van der Waals surface area contributed by atoms with Crippen molar-refractivity contribution in [1.82, 2.24) is 4.98 Å². The predicted octanol–water partition coefficient (Wildman–Crippen LogP) is 3.01. The van der Waals surface area contributed by atoms with Gasteiger partial charge in [0.1, 0.15) is 12.0 Å². The third kappa shape index (κ3) is 6.07. The Morgan fingerprint density at radius 2 is 2.03 bits per heavy atom. The van der Waals surface area contributed by atoms with Crippen molar-refractivity contribution in [2.75, 3.05) is 18.4 Å². The van der Waals surface area contributed by atoms with Gasteiger partial charge in [0.15, 0.2) is 10.0 Å². The lowest BCUT2D eigenvalue weighted by Gasteiger charge is -2.15. The van der Waals surface area contributed by atoms with Gasteiger partial charge in [-0.1, -0.05) is 18.1 Å². The lowest BCUT2D eigenvalue weighted by atomic mass is 10.1. The maximum Gasteiger partial charge on any atom is 0.358 e. The molecule has 0 saturated heterocycles. The van der Waals surface area contributed by atoms with E-state index in [1.165, 1.54) is 30.7 Å². The molecule has 33 heavy (non-hydrogen) atoms. The normalized spacial score (nSPS) is 12.8. The summed E-state index contributed by atoms with van der Waals surface area (Å²) in [6.07, 6.45) is 0.710. The van der Waals surface area contributed by atoms with Crippen LogP contribution in [0.25, 0.3) is 0 Å². The van der Waals surface area contributed by atoms with E-state index in [0.717, 1.165) is 11.3 Å². The summed E-state index contributed by atoms with van der Waals surface area (Å²) in [4.78, 5) is 24.9. The molecule has 0 fully saturated rings. The van der Waals surface area contributed by atoms with Crippen molar-refractivity contribution in [3.8, 4) is 17.6 Å². The molecule has 0 spiro atoms. The number of anilines is 1. The molecule has 0 aliphatic carbocycles. The molecule has 172 valence electrons. The zero-order chi connectivity index (χ0) is 24.1. The van der Waals surface area contributed by atoms with E-state index in [4.69, 9.17) is 9.26 Å². The van der Waals surface area contributed by atoms with E-state index < -0.39 is 17.6 Å². The van der Waals surface area contributed by atoms with Crippen molar-refractivity contribution in [2.24, 2.45) is 0 Å². The summed E-state index contributed by atoms with van der Waals surface area (Å²) in [5.41, 5.74) is 1.13. The fourth-order valence-corrected chi connectivity index (χ4v) is 5.69. The fraction of sp³-hybridized carbons (Fsp3) is 0.143. The Bertz CT molecular complexity index is 1390. The smallest absolute Gasteiger partial charge is 0.358 e. The van der Waals surface area contributed by atoms with Crippen LogP contribution in [0.15, 0.2) is 52.9 Å². The summed E-state index contributed by atoms with van der Waals surface area (Å²) in [6, 6.07) is 10.5. The minimum absolute atomic E-state index is 0.0298. The third-order valence-electron chi connectivity index (χ3n) is 4.15. The fourth-order valence-electron chi connectivity index (χ4n) is 2.64. The summed E-state index contributed by atoms with van der Waals surface area (Å²) in [6.45, 7) is 1.61. The van der Waals surface area contributed by atoms with E-state index in [1.807, 2.05) is 0 Å². The van der Waals surface area contributed by atoms with Crippen LogP contribution in [-0.4, -0.2) is 38.3 Å². The molecular formula is C21H19N2O7PS2. The number of sulfonamides is 1. The van der Waals surface area contributed by atoms with E-state index in [1.54, 1.807) is 31.2 Å². The second-order valence-corrected chi connectivity index (χ2v) is 10.7. The Kier molecular flexibility index (Phi) is 7.68. The van der Waals surface area contributed by atoms with E-state index >= 15 is 0 Å². The van der Waals surface area contributed by atoms with Crippen molar-refractivity contribution in [3.05, 3.63) is 64.0 Å². The standard InChI is InChI=1S/C21H19N2O7PS2/c1-3-30-31(25,26)17-8-9-18(19(12-17)29-2)23-33(27,28)21-14-32-20(22-21)10-7-15-5-4-6-16(11-15)13-24/h4-6,8-9,11-14,23H,3H2,1-2H3,(H,25,26). The number of aromatic nitrogens is 1. The van der Waals surface area contributed by atoms with Gasteiger partial charge in [-0.2, -0.15) is 8.42 Å². The highest BCUT2D eigenvalue weighted by atomic mass is 32.2. The van der Waals surface area contributed by atoms with Crippen LogP contribution in [0.1, 0.15) is 27.9 Å². The van der Waals surface area contributed by atoms with Crippen molar-refractivity contribution < 1.29 is 31.9 Å². The Balaban J connectivity index is 1.83. The van der Waals surface area contributed by atoms with Crippen LogP contribution >= 0.6 is 18.9 Å². The third-order valence-corrected chi connectivity index (χ3v) is 7.85. The monoisotopic (exact) mass is 506 g/mol. The maximum absolute atomic E-state index is 12.8. The predicted molar refractivity (Wildman–Crippen MR) is 125 cm³/mol. The zero-order valence-corrected chi connectivity index (χ0v) is 20.0. The number of carbonyl (C=O) groups is 1. The first-order chi connectivity index (χ1) is 15.7. The van der Waals surface area contributed by atoms with Gasteiger partial charge in [0.05, 0.1) is 24.7 Å². The average molecular weight is 506 g/mol. The van der Waals surface area contributed by atoms with Gasteiger partial charge >= 0.3 is 7.60 Å². The minimum Gasteiger partial charge on any atom is -0.495 e. The first-order valence-electron chi connectivity index (χ1n) is 9.40. The summed E-state index contributed by atoms with van der Waals surface area (Å²) < 4.78 is 50.2. The van der Waals surface area contributed by atoms with E-state index in [2.05, 4.69) is 21.5 Å². The molecular weight excluding hydrogens is 487 g/mol. The molecule has 0 bridgehead atoms. The van der Waals surface area contributed by atoms with Crippen LogP contribution in [0.5, 0.6) is 5.75 Å². The molecule has 9 nitrogen and oxygen atoms in total. The largest absolute Gasteiger partial charge is 0.495 e. The lowest BCUT2D eigenvalue weighted by Crippen LogP contribution is -2.15. The quantitative estimate of drug-likeness (QED) is 0.271. The molecule has 1 heterocycles. The van der Waals surface area contributed by atoms with Crippen LogP contribution in [0, 0.1) is 11.8 Å². The van der Waals surface area contributed by atoms with E-state index in [-0.39, 0.29) is 33.4 Å². The van der Waals surface area contributed by atoms with Gasteiger partial charge < -0.3 is 14.2 Å². The van der Waals surface area contributed by atoms with Crippen LogP contribution in [0.2, 0.25) is 0 Å². The molecule has 1 unspecified atom stereocenters. The second kappa shape index (κ2) is 10.3. The number of benzene rings is 2. The van der Waals surface area contributed by atoms with Gasteiger partial charge in [-0.05, 0) is 43.2 Å². The molecule has 3 rings (SSSR count). The maximum atomic E-state index is 12.8. The zero-order valence-electron chi connectivity index (χ0n) is 17.5. The van der Waals surface area contributed by atoms with Gasteiger partial charge in [-0.15, -0.1) is 11.3 Å². The summed E-state index contributed by atoms with van der Waals surface area (Å²) in [7, 11) is -6.83. The van der Waals surface area contributed by atoms with Gasteiger partial charge in [0, 0.05) is 16.5 Å². The van der Waals surface area contributed by atoms with Gasteiger partial charge in [0.25, 0.3) is 10.0 Å². The Hall–Kier alpha value is -3.00. The lowest BCUT2D eigenvalue weighted by molar-refractivity contribution is 0.112. The summed E-state index contributed by atoms with van der Waals surface area (Å²) >= 11 is 1.05. The first kappa shape index (κ1) is 24.6. The highest BCUT2D eigenvalue weighted by molar-refractivity contribution is 7.92. The number of carbonyl (C=O) groups excluding carboxylic acids is 1. The Labute approximate surface area is 195 Å². The molecule has 12 heteroatoms. The van der Waals surface area contributed by atoms with Crippen LogP contribution < -0.4 is 14.8 Å². The minimum atomic E-state index is -4.08. The van der Waals surface area contributed by atoms with Crippen LogP contribution in [-0.2, 0) is 19.1 Å². The average Bonchev–Trinajstić information content (AvgIpc) is 3.28. The number of aldehydes is 1. The van der Waals surface area contributed by atoms with Crippen molar-refractivity contribution in [2.45, 2.75) is 11.9 Å². The van der Waals surface area contributed by atoms with E-state index in [9.17, 15) is 22.7 Å². The summed E-state index contributed by atoms with van der Waals surface area (Å²) in [5.74, 6) is 5.66. The Morgan fingerprint density at radius 1 is 1.24 bits per heavy atom. The van der Waals surface area contributed by atoms with Crippen molar-refractivity contribution in [3.63, 3.8) is 0 Å². The highest BCUT2D eigenvalue weighted by Crippen LogP contribution is 2.42. The molecule has 2 N–H and O–H groups in total. The molecule has 0 aliphatic rings. The molecule has 1 atom stereocenters. The summed E-state index contributed by atoms with van der Waals surface area (Å²) in [5, 5.41) is 1.33. The molecule has 2 aromatic carbocycles. The number of methoxy groups -OCH3 is 1. The Morgan fingerprint density at radius 3 is 2.73 bits per heavy atom. The molecule has 0 aliphatic heterocycles. The van der Waals surface area contributed by atoms with Gasteiger partial charge in [-0.3, -0.25) is 14.1 Å². The SMILES string of the molecule is CCOP(=O)(O)c1ccc(NS(=O)(=O)c2csc(C#Cc3cccc(C=O)c3)n2)c(OC)c1. The molecule has 3 aromatic rings. The molecule has 0 radical (unpaired) electrons.